The standard InChI is InChI=1S/C36H21N3S/c1-2-9-22-20(7-1)8-5-10-23(22)21-15-16-24-27-18-17-26-25-11-6-12-28-32-36(38-30-14-4-3-13-29(30)37-32)39(33(25)28)34(26)35(27)40-31(24)19-21/h1-19,30,38H. The Morgan fingerprint density at radius 1 is 0.700 bits per heavy atom. The van der Waals surface area contributed by atoms with Gasteiger partial charge in [0, 0.05) is 31.6 Å². The molecule has 2 aliphatic rings. The van der Waals surface area contributed by atoms with Gasteiger partial charge in [-0.15, -0.1) is 11.3 Å². The summed E-state index contributed by atoms with van der Waals surface area (Å²) in [6, 6.07) is 33.6. The molecule has 4 heteroatoms. The van der Waals surface area contributed by atoms with E-state index < -0.39 is 0 Å². The normalized spacial score (nSPS) is 16.4. The summed E-state index contributed by atoms with van der Waals surface area (Å²) in [6.45, 7) is 0. The van der Waals surface area contributed by atoms with E-state index in [1.54, 1.807) is 0 Å². The van der Waals surface area contributed by atoms with Crippen LogP contribution in [0.2, 0.25) is 0 Å². The Bertz CT molecular complexity index is 2460. The number of allylic oxidation sites excluding steroid dienone is 2. The molecule has 0 spiro atoms. The van der Waals surface area contributed by atoms with Crippen molar-refractivity contribution in [2.75, 3.05) is 5.32 Å². The second-order valence-electron chi connectivity index (χ2n) is 10.8. The average Bonchev–Trinajstić information content (AvgIpc) is 3.66. The summed E-state index contributed by atoms with van der Waals surface area (Å²) >= 11 is 1.90. The smallest absolute Gasteiger partial charge is 0.139 e. The second kappa shape index (κ2) is 7.38. The molecule has 0 fully saturated rings. The molecule has 0 radical (unpaired) electrons. The summed E-state index contributed by atoms with van der Waals surface area (Å²) in [6.07, 6.45) is 8.48. The highest BCUT2D eigenvalue weighted by Gasteiger charge is 2.29. The molecule has 5 aromatic carbocycles. The lowest BCUT2D eigenvalue weighted by Gasteiger charge is -2.23. The van der Waals surface area contributed by atoms with E-state index in [-0.39, 0.29) is 6.04 Å². The van der Waals surface area contributed by atoms with E-state index in [2.05, 4.69) is 125 Å². The lowest BCUT2D eigenvalue weighted by Crippen LogP contribution is -2.30. The molecule has 3 nitrogen and oxygen atoms in total. The van der Waals surface area contributed by atoms with Gasteiger partial charge in [-0.3, -0.25) is 4.40 Å². The molecule has 186 valence electrons. The molecular formula is C36H21N3S. The molecule has 1 aliphatic carbocycles. The monoisotopic (exact) mass is 527 g/mol. The van der Waals surface area contributed by atoms with Gasteiger partial charge < -0.3 is 5.32 Å². The number of nitrogens with zero attached hydrogens (tertiary/aromatic N) is 2. The first kappa shape index (κ1) is 21.0. The van der Waals surface area contributed by atoms with E-state index in [1.165, 1.54) is 69.3 Å². The van der Waals surface area contributed by atoms with Crippen LogP contribution in [0.3, 0.4) is 0 Å². The van der Waals surface area contributed by atoms with Gasteiger partial charge in [0.25, 0.3) is 0 Å². The number of rotatable bonds is 1. The molecule has 4 heterocycles. The van der Waals surface area contributed by atoms with Crippen LogP contribution in [-0.2, 0) is 0 Å². The fraction of sp³-hybridized carbons (Fsp3) is 0.0278. The number of anilines is 1. The lowest BCUT2D eigenvalue weighted by atomic mass is 9.97. The van der Waals surface area contributed by atoms with Crippen molar-refractivity contribution in [1.82, 2.24) is 4.40 Å². The molecule has 10 rings (SSSR count). The maximum absolute atomic E-state index is 5.16. The van der Waals surface area contributed by atoms with Crippen LogP contribution in [0.25, 0.3) is 69.3 Å². The molecule has 8 aromatic rings. The number of benzene rings is 5. The van der Waals surface area contributed by atoms with Crippen molar-refractivity contribution >= 4 is 86.7 Å². The molecule has 1 atom stereocenters. The first-order valence-corrected chi connectivity index (χ1v) is 14.5. The Labute approximate surface area is 233 Å². The van der Waals surface area contributed by atoms with Gasteiger partial charge in [-0.1, -0.05) is 103 Å². The van der Waals surface area contributed by atoms with Crippen LogP contribution in [0.4, 0.5) is 11.5 Å². The van der Waals surface area contributed by atoms with Gasteiger partial charge in [-0.2, -0.15) is 0 Å². The number of nitrogens with one attached hydrogen (secondary N) is 1. The molecule has 0 bridgehead atoms. The van der Waals surface area contributed by atoms with Gasteiger partial charge in [0.2, 0.25) is 0 Å². The van der Waals surface area contributed by atoms with Crippen molar-refractivity contribution in [3.63, 3.8) is 0 Å². The van der Waals surface area contributed by atoms with Crippen LogP contribution >= 0.6 is 11.3 Å². The average molecular weight is 528 g/mol. The summed E-state index contributed by atoms with van der Waals surface area (Å²) in [5.74, 6) is 1.09. The number of para-hydroxylation sites is 1. The molecule has 0 saturated heterocycles. The molecular weight excluding hydrogens is 506 g/mol. The van der Waals surface area contributed by atoms with Crippen molar-refractivity contribution in [2.45, 2.75) is 6.04 Å². The number of fused-ring (bicyclic) bond motifs is 12. The van der Waals surface area contributed by atoms with Crippen molar-refractivity contribution in [3.8, 4) is 11.1 Å². The quantitative estimate of drug-likeness (QED) is 0.226. The van der Waals surface area contributed by atoms with Crippen LogP contribution < -0.4 is 5.32 Å². The van der Waals surface area contributed by atoms with Crippen molar-refractivity contribution in [1.29, 1.82) is 0 Å². The van der Waals surface area contributed by atoms with Crippen LogP contribution in [0.15, 0.2) is 120 Å². The first-order valence-electron chi connectivity index (χ1n) is 13.7. The fourth-order valence-corrected chi connectivity index (χ4v) is 8.23. The van der Waals surface area contributed by atoms with Crippen LogP contribution in [0.5, 0.6) is 0 Å². The largest absolute Gasteiger partial charge is 0.357 e. The summed E-state index contributed by atoms with van der Waals surface area (Å²) < 4.78 is 5.09. The predicted molar refractivity (Wildman–Crippen MR) is 172 cm³/mol. The topological polar surface area (TPSA) is 28.8 Å². The zero-order valence-electron chi connectivity index (χ0n) is 21.3. The Morgan fingerprint density at radius 2 is 1.50 bits per heavy atom. The third-order valence-corrected chi connectivity index (χ3v) is 9.90. The van der Waals surface area contributed by atoms with Crippen LogP contribution in [-0.4, -0.2) is 16.2 Å². The van der Waals surface area contributed by atoms with Crippen molar-refractivity contribution in [3.05, 3.63) is 115 Å². The molecule has 1 unspecified atom stereocenters. The van der Waals surface area contributed by atoms with E-state index >= 15 is 0 Å². The third kappa shape index (κ3) is 2.57. The summed E-state index contributed by atoms with van der Waals surface area (Å²) in [5.41, 5.74) is 7.19. The van der Waals surface area contributed by atoms with Gasteiger partial charge >= 0.3 is 0 Å². The summed E-state index contributed by atoms with van der Waals surface area (Å²) in [4.78, 5) is 5.16. The van der Waals surface area contributed by atoms with Gasteiger partial charge in [0.1, 0.15) is 11.5 Å². The number of aliphatic imine (C=N–C) groups is 1. The highest BCUT2D eigenvalue weighted by Crippen LogP contribution is 2.49. The lowest BCUT2D eigenvalue weighted by molar-refractivity contribution is 1.09. The molecule has 0 saturated carbocycles. The van der Waals surface area contributed by atoms with Crippen LogP contribution in [0.1, 0.15) is 0 Å². The molecule has 1 N–H and O–H groups in total. The SMILES string of the molecule is C1=CC2=Nc3c(n4c5c3cccc5c3ccc5c6ccc(-c7cccc8ccccc78)cc6sc5c34)NC2C=C1. The highest BCUT2D eigenvalue weighted by atomic mass is 32.1. The minimum absolute atomic E-state index is 0.0930. The van der Waals surface area contributed by atoms with Crippen LogP contribution in [0, 0.1) is 0 Å². The van der Waals surface area contributed by atoms with Crippen molar-refractivity contribution < 1.29 is 0 Å². The molecule has 3 aromatic heterocycles. The van der Waals surface area contributed by atoms with E-state index in [0.717, 1.165) is 17.2 Å². The highest BCUT2D eigenvalue weighted by molar-refractivity contribution is 7.26. The molecule has 0 amide bonds. The summed E-state index contributed by atoms with van der Waals surface area (Å²) in [7, 11) is 0. The van der Waals surface area contributed by atoms with Gasteiger partial charge in [-0.05, 0) is 34.0 Å². The Kier molecular flexibility index (Phi) is 3.87. The Hall–Kier alpha value is -4.93. The number of hydrogen-bond acceptors (Lipinski definition) is 3. The van der Waals surface area contributed by atoms with E-state index in [0.29, 0.717) is 0 Å². The van der Waals surface area contributed by atoms with Gasteiger partial charge in [0.15, 0.2) is 0 Å². The minimum Gasteiger partial charge on any atom is -0.357 e. The van der Waals surface area contributed by atoms with Gasteiger partial charge in [0.05, 0.1) is 27.5 Å². The zero-order chi connectivity index (χ0) is 25.9. The predicted octanol–water partition coefficient (Wildman–Crippen LogP) is 9.86. The maximum Gasteiger partial charge on any atom is 0.139 e. The number of aromatic nitrogens is 1. The van der Waals surface area contributed by atoms with Crippen molar-refractivity contribution in [2.24, 2.45) is 4.99 Å². The zero-order valence-corrected chi connectivity index (χ0v) is 22.2. The third-order valence-electron chi connectivity index (χ3n) is 8.73. The fourth-order valence-electron chi connectivity index (χ4n) is 6.95. The number of hydrogen-bond donors (Lipinski definition) is 1. The molecule has 1 aliphatic heterocycles. The Morgan fingerprint density at radius 3 is 2.50 bits per heavy atom. The first-order chi connectivity index (χ1) is 19.8. The van der Waals surface area contributed by atoms with Gasteiger partial charge in [-0.25, -0.2) is 4.99 Å². The second-order valence-corrected chi connectivity index (χ2v) is 11.9. The van der Waals surface area contributed by atoms with E-state index in [4.69, 9.17) is 4.99 Å². The summed E-state index contributed by atoms with van der Waals surface area (Å²) in [5, 5.41) is 12.8. The van der Waals surface area contributed by atoms with E-state index in [1.807, 2.05) is 11.3 Å². The maximum atomic E-state index is 5.16. The Balaban J connectivity index is 1.29. The van der Waals surface area contributed by atoms with E-state index in [9.17, 15) is 0 Å². The molecule has 40 heavy (non-hydrogen) atoms. The minimum atomic E-state index is 0.0930. The number of thiophene rings is 1.